The molecule has 0 radical (unpaired) electrons. The minimum absolute atomic E-state index is 0.0791. The normalized spacial score (nSPS) is 14.2. The summed E-state index contributed by atoms with van der Waals surface area (Å²) in [5, 5.41) is 7.32. The molecule has 1 atom stereocenters. The molecule has 1 aromatic carbocycles. The van der Waals surface area contributed by atoms with Gasteiger partial charge >= 0.3 is 0 Å². The van der Waals surface area contributed by atoms with Crippen LogP contribution in [0.1, 0.15) is 47.9 Å². The van der Waals surface area contributed by atoms with Gasteiger partial charge in [0.15, 0.2) is 11.5 Å². The maximum Gasteiger partial charge on any atom is 0.254 e. The fraction of sp³-hybridized carbons (Fsp3) is 0.474. The zero-order chi connectivity index (χ0) is 17.8. The third-order valence-corrected chi connectivity index (χ3v) is 4.60. The highest BCUT2D eigenvalue weighted by atomic mass is 16.6. The summed E-state index contributed by atoms with van der Waals surface area (Å²) < 4.78 is 13.0. The van der Waals surface area contributed by atoms with Gasteiger partial charge in [0.2, 0.25) is 0 Å². The van der Waals surface area contributed by atoms with Crippen molar-refractivity contribution in [2.45, 2.75) is 39.7 Å². The van der Waals surface area contributed by atoms with Crippen LogP contribution in [0.5, 0.6) is 11.5 Å². The highest BCUT2D eigenvalue weighted by Crippen LogP contribution is 2.30. The summed E-state index contributed by atoms with van der Waals surface area (Å²) in [6.07, 6.45) is 3.37. The van der Waals surface area contributed by atoms with Crippen LogP contribution in [0.25, 0.3) is 0 Å². The number of nitrogens with one attached hydrogen (secondary N) is 1. The van der Waals surface area contributed by atoms with Gasteiger partial charge in [-0.3, -0.25) is 9.48 Å². The van der Waals surface area contributed by atoms with Crippen LogP contribution >= 0.6 is 0 Å². The van der Waals surface area contributed by atoms with Crippen LogP contribution in [0.2, 0.25) is 0 Å². The Morgan fingerprint density at radius 1 is 1.32 bits per heavy atom. The number of hydrogen-bond donors (Lipinski definition) is 1. The van der Waals surface area contributed by atoms with Gasteiger partial charge in [0.1, 0.15) is 13.2 Å². The predicted molar refractivity (Wildman–Crippen MR) is 95.4 cm³/mol. The fourth-order valence-electron chi connectivity index (χ4n) is 2.92. The molecule has 0 fully saturated rings. The number of carbonyl (C=O) groups excluding carboxylic acids is 1. The van der Waals surface area contributed by atoms with Gasteiger partial charge in [-0.2, -0.15) is 5.10 Å². The minimum Gasteiger partial charge on any atom is -0.486 e. The summed E-state index contributed by atoms with van der Waals surface area (Å²) in [7, 11) is 0. The van der Waals surface area contributed by atoms with Crippen molar-refractivity contribution in [1.82, 2.24) is 15.1 Å². The molecule has 0 bridgehead atoms. The van der Waals surface area contributed by atoms with Crippen LogP contribution in [0, 0.1) is 6.92 Å². The van der Waals surface area contributed by atoms with E-state index in [9.17, 15) is 4.79 Å². The first-order chi connectivity index (χ1) is 12.1. The molecule has 3 rings (SSSR count). The lowest BCUT2D eigenvalue weighted by atomic mass is 10.1. The maximum atomic E-state index is 12.4. The van der Waals surface area contributed by atoms with Gasteiger partial charge in [0.25, 0.3) is 5.91 Å². The zero-order valence-corrected chi connectivity index (χ0v) is 15.0. The molecular formula is C19H25N3O3. The van der Waals surface area contributed by atoms with Gasteiger partial charge in [-0.1, -0.05) is 13.0 Å². The molecular weight excluding hydrogens is 318 g/mol. The van der Waals surface area contributed by atoms with Crippen molar-refractivity contribution in [2.24, 2.45) is 0 Å². The molecule has 25 heavy (non-hydrogen) atoms. The molecule has 1 N–H and O–H groups in total. The van der Waals surface area contributed by atoms with Crippen LogP contribution in [0.4, 0.5) is 0 Å². The number of amides is 1. The molecule has 0 unspecified atom stereocenters. The van der Waals surface area contributed by atoms with Gasteiger partial charge in [-0.25, -0.2) is 0 Å². The second-order valence-electron chi connectivity index (χ2n) is 6.33. The smallest absolute Gasteiger partial charge is 0.254 e. The van der Waals surface area contributed by atoms with E-state index in [0.717, 1.165) is 35.6 Å². The minimum atomic E-state index is -0.0791. The first kappa shape index (κ1) is 17.3. The van der Waals surface area contributed by atoms with Crippen LogP contribution in [0.3, 0.4) is 0 Å². The second kappa shape index (κ2) is 7.59. The molecule has 6 heteroatoms. The third kappa shape index (κ3) is 3.78. The Balaban J connectivity index is 1.57. The van der Waals surface area contributed by atoms with E-state index in [1.165, 1.54) is 0 Å². The molecule has 0 saturated carbocycles. The molecule has 0 saturated heterocycles. The first-order valence-electron chi connectivity index (χ1n) is 8.81. The van der Waals surface area contributed by atoms with Crippen LogP contribution in [-0.4, -0.2) is 35.4 Å². The Bertz CT molecular complexity index is 754. The molecule has 1 aliphatic rings. The summed E-state index contributed by atoms with van der Waals surface area (Å²) in [5.41, 5.74) is 2.66. The highest BCUT2D eigenvalue weighted by molar-refractivity contribution is 5.95. The SMILES string of the molecule is CC[C@@H](C)n1ncc(C(=O)NCCc2ccc3c(c2)OCCO3)c1C. The van der Waals surface area contributed by atoms with E-state index in [2.05, 4.69) is 24.3 Å². The fourth-order valence-corrected chi connectivity index (χ4v) is 2.92. The van der Waals surface area contributed by atoms with E-state index in [1.807, 2.05) is 29.8 Å². The number of aromatic nitrogens is 2. The highest BCUT2D eigenvalue weighted by Gasteiger charge is 2.16. The number of benzene rings is 1. The van der Waals surface area contributed by atoms with Crippen molar-refractivity contribution in [3.05, 3.63) is 41.2 Å². The second-order valence-corrected chi connectivity index (χ2v) is 6.33. The van der Waals surface area contributed by atoms with E-state index in [-0.39, 0.29) is 5.91 Å². The average molecular weight is 343 g/mol. The lowest BCUT2D eigenvalue weighted by Crippen LogP contribution is -2.26. The quantitative estimate of drug-likeness (QED) is 0.876. The lowest BCUT2D eigenvalue weighted by Gasteiger charge is -2.18. The summed E-state index contributed by atoms with van der Waals surface area (Å²) in [6, 6.07) is 6.20. The molecule has 134 valence electrons. The van der Waals surface area contributed by atoms with Crippen LogP contribution in [-0.2, 0) is 6.42 Å². The van der Waals surface area contributed by atoms with Crippen LogP contribution in [0.15, 0.2) is 24.4 Å². The molecule has 0 spiro atoms. The van der Waals surface area contributed by atoms with Gasteiger partial charge < -0.3 is 14.8 Å². The van der Waals surface area contributed by atoms with Crippen molar-refractivity contribution in [2.75, 3.05) is 19.8 Å². The van der Waals surface area contributed by atoms with E-state index in [0.29, 0.717) is 31.4 Å². The number of ether oxygens (including phenoxy) is 2. The maximum absolute atomic E-state index is 12.4. The summed E-state index contributed by atoms with van der Waals surface area (Å²) in [5.74, 6) is 1.48. The van der Waals surface area contributed by atoms with E-state index in [1.54, 1.807) is 6.20 Å². The number of hydrogen-bond acceptors (Lipinski definition) is 4. The summed E-state index contributed by atoms with van der Waals surface area (Å²) in [4.78, 5) is 12.4. The number of fused-ring (bicyclic) bond motifs is 1. The first-order valence-corrected chi connectivity index (χ1v) is 8.81. The Hall–Kier alpha value is -2.50. The molecule has 1 aliphatic heterocycles. The zero-order valence-electron chi connectivity index (χ0n) is 15.0. The lowest BCUT2D eigenvalue weighted by molar-refractivity contribution is 0.0953. The molecule has 2 aromatic rings. The van der Waals surface area contributed by atoms with Crippen molar-refractivity contribution in [3.8, 4) is 11.5 Å². The average Bonchev–Trinajstić information content (AvgIpc) is 3.02. The van der Waals surface area contributed by atoms with Crippen molar-refractivity contribution in [3.63, 3.8) is 0 Å². The van der Waals surface area contributed by atoms with Crippen molar-refractivity contribution >= 4 is 5.91 Å². The molecule has 0 aliphatic carbocycles. The molecule has 1 amide bonds. The van der Waals surface area contributed by atoms with Gasteiger partial charge in [0, 0.05) is 18.3 Å². The Morgan fingerprint density at radius 3 is 2.84 bits per heavy atom. The van der Waals surface area contributed by atoms with Crippen molar-refractivity contribution in [1.29, 1.82) is 0 Å². The molecule has 2 heterocycles. The van der Waals surface area contributed by atoms with Gasteiger partial charge in [0.05, 0.1) is 11.8 Å². The number of nitrogens with zero attached hydrogens (tertiary/aromatic N) is 2. The van der Waals surface area contributed by atoms with Gasteiger partial charge in [-0.05, 0) is 44.4 Å². The number of rotatable bonds is 6. The topological polar surface area (TPSA) is 65.4 Å². The van der Waals surface area contributed by atoms with E-state index < -0.39 is 0 Å². The van der Waals surface area contributed by atoms with Crippen LogP contribution < -0.4 is 14.8 Å². The molecule has 6 nitrogen and oxygen atoms in total. The predicted octanol–water partition coefficient (Wildman–Crippen LogP) is 2.91. The third-order valence-electron chi connectivity index (χ3n) is 4.60. The molecule has 1 aromatic heterocycles. The van der Waals surface area contributed by atoms with E-state index in [4.69, 9.17) is 9.47 Å². The monoisotopic (exact) mass is 343 g/mol. The summed E-state index contributed by atoms with van der Waals surface area (Å²) in [6.45, 7) is 7.88. The Labute approximate surface area is 148 Å². The standard InChI is InChI=1S/C19H25N3O3/c1-4-13(2)22-14(3)16(12-21-22)19(23)20-8-7-15-5-6-17-18(11-15)25-10-9-24-17/h5-6,11-13H,4,7-10H2,1-3H3,(H,20,23)/t13-/m1/s1. The largest absolute Gasteiger partial charge is 0.486 e. The summed E-state index contributed by atoms with van der Waals surface area (Å²) >= 11 is 0. The van der Waals surface area contributed by atoms with Gasteiger partial charge in [-0.15, -0.1) is 0 Å². The van der Waals surface area contributed by atoms with E-state index >= 15 is 0 Å². The Morgan fingerprint density at radius 2 is 2.08 bits per heavy atom. The Kier molecular flexibility index (Phi) is 5.26. The van der Waals surface area contributed by atoms with Crippen molar-refractivity contribution < 1.29 is 14.3 Å². The number of carbonyl (C=O) groups is 1.